The van der Waals surface area contributed by atoms with E-state index in [0.717, 1.165) is 21.2 Å². The first-order chi connectivity index (χ1) is 13.7. The highest BCUT2D eigenvalue weighted by atomic mass is 35.5. The van der Waals surface area contributed by atoms with Gasteiger partial charge in [-0.15, -0.1) is 11.3 Å². The largest absolute Gasteiger partial charge is 0.480 e. The van der Waals surface area contributed by atoms with Crippen LogP contribution in [-0.2, 0) is 11.2 Å². The fourth-order valence-electron chi connectivity index (χ4n) is 2.26. The van der Waals surface area contributed by atoms with Crippen LogP contribution < -0.4 is 5.32 Å². The molecule has 1 aromatic carbocycles. The summed E-state index contributed by atoms with van der Waals surface area (Å²) < 4.78 is 13.1. The molecule has 0 atom stereocenters. The molecule has 10 heteroatoms. The molecule has 0 saturated heterocycles. The van der Waals surface area contributed by atoms with Crippen LogP contribution in [0.5, 0.6) is 0 Å². The summed E-state index contributed by atoms with van der Waals surface area (Å²) in [6.07, 6.45) is 3.94. The first-order valence-corrected chi connectivity index (χ1v) is 10.7. The molecule has 2 heterocycles. The standard InChI is InChI=1S/C19H18ClFN4O2S2/c1-19(2,16(26)27)29-18-25-13(10-28-18)5-6-22-17-23-8-12(9-24-17)11-3-4-15(21)14(20)7-11/h3-4,7-10H,5-6H2,1-2H3,(H,26,27)(H,22,23,24). The molecule has 152 valence electrons. The van der Waals surface area contributed by atoms with Crippen molar-refractivity contribution >= 4 is 46.6 Å². The van der Waals surface area contributed by atoms with E-state index in [2.05, 4.69) is 20.3 Å². The lowest BCUT2D eigenvalue weighted by molar-refractivity contribution is -0.138. The number of carbonyl (C=O) groups is 1. The van der Waals surface area contributed by atoms with Gasteiger partial charge in [0.05, 0.1) is 10.7 Å². The molecule has 0 aliphatic heterocycles. The van der Waals surface area contributed by atoms with E-state index in [1.165, 1.54) is 35.2 Å². The Morgan fingerprint density at radius 2 is 2.03 bits per heavy atom. The molecule has 0 unspecified atom stereocenters. The van der Waals surface area contributed by atoms with Crippen molar-refractivity contribution in [1.29, 1.82) is 0 Å². The molecule has 0 spiro atoms. The molecule has 0 aliphatic carbocycles. The van der Waals surface area contributed by atoms with Gasteiger partial charge in [-0.3, -0.25) is 4.79 Å². The lowest BCUT2D eigenvalue weighted by Crippen LogP contribution is -2.26. The van der Waals surface area contributed by atoms with Gasteiger partial charge in [0, 0.05) is 36.3 Å². The van der Waals surface area contributed by atoms with Crippen LogP contribution in [-0.4, -0.2) is 37.3 Å². The summed E-state index contributed by atoms with van der Waals surface area (Å²) in [4.78, 5) is 24.2. The topological polar surface area (TPSA) is 88.0 Å². The summed E-state index contributed by atoms with van der Waals surface area (Å²) in [6.45, 7) is 3.89. The molecule has 0 amide bonds. The number of rotatable bonds is 8. The Hall–Kier alpha value is -2.23. The molecule has 3 aromatic rings. The number of hydrogen-bond donors (Lipinski definition) is 2. The molecular formula is C19H18ClFN4O2S2. The maximum atomic E-state index is 13.3. The van der Waals surface area contributed by atoms with Crippen LogP contribution >= 0.6 is 34.7 Å². The summed E-state index contributed by atoms with van der Waals surface area (Å²) >= 11 is 8.48. The minimum absolute atomic E-state index is 0.0530. The molecule has 0 bridgehead atoms. The Morgan fingerprint density at radius 3 is 2.69 bits per heavy atom. The van der Waals surface area contributed by atoms with Crippen molar-refractivity contribution < 1.29 is 14.3 Å². The molecule has 2 N–H and O–H groups in total. The predicted molar refractivity (Wildman–Crippen MR) is 114 cm³/mol. The summed E-state index contributed by atoms with van der Waals surface area (Å²) in [5.74, 6) is -0.868. The number of thiazole rings is 1. The number of anilines is 1. The van der Waals surface area contributed by atoms with E-state index in [9.17, 15) is 14.3 Å². The van der Waals surface area contributed by atoms with Crippen molar-refractivity contribution in [1.82, 2.24) is 15.0 Å². The fourth-order valence-corrected chi connectivity index (χ4v) is 4.66. The second kappa shape index (κ2) is 9.06. The predicted octanol–water partition coefficient (Wildman–Crippen LogP) is 5.00. The Bertz CT molecular complexity index is 1010. The second-order valence-electron chi connectivity index (χ2n) is 6.62. The van der Waals surface area contributed by atoms with Crippen molar-refractivity contribution in [3.63, 3.8) is 0 Å². The van der Waals surface area contributed by atoms with Crippen LogP contribution in [0.15, 0.2) is 40.3 Å². The first kappa shape index (κ1) is 21.5. The molecule has 0 fully saturated rings. The van der Waals surface area contributed by atoms with Crippen molar-refractivity contribution in [3.8, 4) is 11.1 Å². The maximum Gasteiger partial charge on any atom is 0.319 e. The van der Waals surface area contributed by atoms with Crippen molar-refractivity contribution in [3.05, 3.63) is 52.5 Å². The molecule has 0 radical (unpaired) electrons. The van der Waals surface area contributed by atoms with E-state index < -0.39 is 16.5 Å². The van der Waals surface area contributed by atoms with Crippen molar-refractivity contribution in [2.24, 2.45) is 0 Å². The maximum absolute atomic E-state index is 13.3. The Labute approximate surface area is 180 Å². The van der Waals surface area contributed by atoms with Gasteiger partial charge in [-0.2, -0.15) is 0 Å². The minimum Gasteiger partial charge on any atom is -0.480 e. The highest BCUT2D eigenvalue weighted by Crippen LogP contribution is 2.34. The third-order valence-corrected chi connectivity index (χ3v) is 6.42. The Kier molecular flexibility index (Phi) is 6.71. The number of nitrogens with zero attached hydrogens (tertiary/aromatic N) is 3. The average Bonchev–Trinajstić information content (AvgIpc) is 3.11. The number of halogens is 2. The average molecular weight is 453 g/mol. The number of thioether (sulfide) groups is 1. The van der Waals surface area contributed by atoms with E-state index in [1.54, 1.807) is 32.3 Å². The van der Waals surface area contributed by atoms with Gasteiger partial charge in [0.1, 0.15) is 10.6 Å². The van der Waals surface area contributed by atoms with E-state index in [-0.39, 0.29) is 5.02 Å². The molecule has 3 rings (SSSR count). The number of carboxylic acids is 1. The van der Waals surface area contributed by atoms with Gasteiger partial charge in [-0.25, -0.2) is 19.3 Å². The van der Waals surface area contributed by atoms with E-state index in [1.807, 2.05) is 5.38 Å². The van der Waals surface area contributed by atoms with Gasteiger partial charge in [0.25, 0.3) is 0 Å². The zero-order chi connectivity index (χ0) is 21.0. The lowest BCUT2D eigenvalue weighted by atomic mass is 10.1. The molecule has 2 aromatic heterocycles. The van der Waals surface area contributed by atoms with Crippen molar-refractivity contribution in [2.45, 2.75) is 29.4 Å². The van der Waals surface area contributed by atoms with Crippen LogP contribution in [0.4, 0.5) is 10.3 Å². The number of carboxylic acid groups (broad SMARTS) is 1. The van der Waals surface area contributed by atoms with Gasteiger partial charge >= 0.3 is 5.97 Å². The van der Waals surface area contributed by atoms with Crippen molar-refractivity contribution in [2.75, 3.05) is 11.9 Å². The van der Waals surface area contributed by atoms with Gasteiger partial charge in [0.2, 0.25) is 5.95 Å². The van der Waals surface area contributed by atoms with Crippen LogP contribution in [0.3, 0.4) is 0 Å². The quantitative estimate of drug-likeness (QED) is 0.465. The zero-order valence-electron chi connectivity index (χ0n) is 15.6. The van der Waals surface area contributed by atoms with Gasteiger partial charge in [-0.1, -0.05) is 29.4 Å². The number of aromatic nitrogens is 3. The van der Waals surface area contributed by atoms with Gasteiger partial charge < -0.3 is 10.4 Å². The Balaban J connectivity index is 1.53. The summed E-state index contributed by atoms with van der Waals surface area (Å²) in [6, 6.07) is 4.46. The van der Waals surface area contributed by atoms with Crippen LogP contribution in [0, 0.1) is 5.82 Å². The van der Waals surface area contributed by atoms with Crippen LogP contribution in [0.1, 0.15) is 19.5 Å². The Morgan fingerprint density at radius 1 is 1.31 bits per heavy atom. The molecule has 6 nitrogen and oxygen atoms in total. The highest BCUT2D eigenvalue weighted by molar-refractivity contribution is 8.02. The zero-order valence-corrected chi connectivity index (χ0v) is 18.0. The molecule has 0 aliphatic rings. The van der Waals surface area contributed by atoms with E-state index in [4.69, 9.17) is 11.6 Å². The number of aliphatic carboxylic acids is 1. The van der Waals surface area contributed by atoms with Gasteiger partial charge in [0.15, 0.2) is 4.34 Å². The van der Waals surface area contributed by atoms with Crippen LogP contribution in [0.25, 0.3) is 11.1 Å². The number of nitrogens with one attached hydrogen (secondary N) is 1. The number of hydrogen-bond acceptors (Lipinski definition) is 7. The third-order valence-electron chi connectivity index (χ3n) is 3.96. The highest BCUT2D eigenvalue weighted by Gasteiger charge is 2.29. The first-order valence-electron chi connectivity index (χ1n) is 8.63. The van der Waals surface area contributed by atoms with Crippen LogP contribution in [0.2, 0.25) is 5.02 Å². The summed E-state index contributed by atoms with van der Waals surface area (Å²) in [5, 5.41) is 14.3. The van der Waals surface area contributed by atoms with E-state index >= 15 is 0 Å². The number of benzene rings is 1. The summed E-state index contributed by atoms with van der Waals surface area (Å²) in [7, 11) is 0. The molecule has 29 heavy (non-hydrogen) atoms. The smallest absolute Gasteiger partial charge is 0.319 e. The molecular weight excluding hydrogens is 435 g/mol. The fraction of sp³-hybridized carbons (Fsp3) is 0.263. The second-order valence-corrected chi connectivity index (χ2v) is 9.76. The summed E-state index contributed by atoms with van der Waals surface area (Å²) in [5.41, 5.74) is 2.35. The van der Waals surface area contributed by atoms with E-state index in [0.29, 0.717) is 18.9 Å². The normalized spacial score (nSPS) is 11.4. The minimum atomic E-state index is -0.919. The molecule has 0 saturated carbocycles. The SMILES string of the molecule is CC(C)(Sc1nc(CCNc2ncc(-c3ccc(F)c(Cl)c3)cn2)cs1)C(=O)O. The third kappa shape index (κ3) is 5.65. The van der Waals surface area contributed by atoms with Gasteiger partial charge in [-0.05, 0) is 31.5 Å². The monoisotopic (exact) mass is 452 g/mol. The lowest BCUT2D eigenvalue weighted by Gasteiger charge is -2.15.